The number of imide groups is 2. The van der Waals surface area contributed by atoms with Crippen LogP contribution in [0, 0.1) is 27.7 Å². The van der Waals surface area contributed by atoms with Gasteiger partial charge in [-0.3, -0.25) is 14.9 Å². The smallest absolute Gasteiger partial charge is 0.335 e. The lowest BCUT2D eigenvalue weighted by Crippen LogP contribution is -2.54. The van der Waals surface area contributed by atoms with Crippen LogP contribution in [0.2, 0.25) is 0 Å². The maximum Gasteiger partial charge on any atom is 0.335 e. The van der Waals surface area contributed by atoms with E-state index in [2.05, 4.69) is 5.32 Å². The third-order valence-electron chi connectivity index (χ3n) is 5.86. The minimum Gasteiger partial charge on any atom is -0.478 e. The van der Waals surface area contributed by atoms with Crippen LogP contribution in [0.15, 0.2) is 54.1 Å². The highest BCUT2D eigenvalue weighted by molar-refractivity contribution is 6.39. The molecule has 0 atom stereocenters. The van der Waals surface area contributed by atoms with Crippen LogP contribution in [0.1, 0.15) is 38.4 Å². The molecular weight excluding hydrogens is 434 g/mol. The number of carboxylic acids is 1. The van der Waals surface area contributed by atoms with Crippen molar-refractivity contribution >= 4 is 35.6 Å². The lowest BCUT2D eigenvalue weighted by atomic mass is 10.1. The van der Waals surface area contributed by atoms with Crippen LogP contribution in [0.3, 0.4) is 0 Å². The first-order valence-corrected chi connectivity index (χ1v) is 10.6. The van der Waals surface area contributed by atoms with Crippen molar-refractivity contribution in [3.63, 3.8) is 0 Å². The molecule has 0 aliphatic carbocycles. The Morgan fingerprint density at radius 2 is 1.62 bits per heavy atom. The number of nitrogens with one attached hydrogen (secondary N) is 1. The highest BCUT2D eigenvalue weighted by Gasteiger charge is 2.37. The van der Waals surface area contributed by atoms with Crippen LogP contribution in [0.4, 0.5) is 10.5 Å². The molecule has 0 bridgehead atoms. The van der Waals surface area contributed by atoms with E-state index >= 15 is 0 Å². The summed E-state index contributed by atoms with van der Waals surface area (Å²) >= 11 is 0. The Balaban J connectivity index is 1.79. The number of amides is 4. The van der Waals surface area contributed by atoms with Gasteiger partial charge in [0.25, 0.3) is 11.8 Å². The molecule has 1 aliphatic heterocycles. The van der Waals surface area contributed by atoms with Crippen molar-refractivity contribution in [1.82, 2.24) is 9.88 Å². The third kappa shape index (κ3) is 3.90. The van der Waals surface area contributed by atoms with E-state index in [4.69, 9.17) is 0 Å². The molecule has 0 radical (unpaired) electrons. The number of urea groups is 1. The number of carbonyl (C=O) groups excluding carboxylic acids is 3. The summed E-state index contributed by atoms with van der Waals surface area (Å²) in [5.41, 5.74) is 4.99. The Labute approximate surface area is 196 Å². The topological polar surface area (TPSA) is 109 Å². The SMILES string of the molecule is Cc1ccc(N2C(=O)NC(=O)/C(=C\c3cc(C)n(-c4cc(C(=O)O)ccc4C)c3C)C2=O)cc1. The zero-order valence-electron chi connectivity index (χ0n) is 19.2. The maximum absolute atomic E-state index is 13.2. The van der Waals surface area contributed by atoms with Gasteiger partial charge in [-0.05, 0) is 75.2 Å². The van der Waals surface area contributed by atoms with Crippen LogP contribution >= 0.6 is 0 Å². The Kier molecular flexibility index (Phi) is 5.66. The largest absolute Gasteiger partial charge is 0.478 e. The number of nitrogens with zero attached hydrogens (tertiary/aromatic N) is 2. The van der Waals surface area contributed by atoms with Crippen molar-refractivity contribution < 1.29 is 24.3 Å². The van der Waals surface area contributed by atoms with Gasteiger partial charge in [-0.2, -0.15) is 0 Å². The van der Waals surface area contributed by atoms with Gasteiger partial charge in [-0.15, -0.1) is 0 Å². The first kappa shape index (κ1) is 22.7. The number of hydrogen-bond acceptors (Lipinski definition) is 4. The summed E-state index contributed by atoms with van der Waals surface area (Å²) in [7, 11) is 0. The number of aromatic nitrogens is 1. The molecule has 8 nitrogen and oxygen atoms in total. The second-order valence-corrected chi connectivity index (χ2v) is 8.26. The molecule has 4 amide bonds. The second kappa shape index (κ2) is 8.47. The van der Waals surface area contributed by atoms with E-state index in [0.29, 0.717) is 16.9 Å². The molecule has 34 heavy (non-hydrogen) atoms. The summed E-state index contributed by atoms with van der Waals surface area (Å²) in [5, 5.41) is 11.6. The molecule has 2 N–H and O–H groups in total. The third-order valence-corrected chi connectivity index (χ3v) is 5.86. The van der Waals surface area contributed by atoms with Gasteiger partial charge < -0.3 is 9.67 Å². The predicted octanol–water partition coefficient (Wildman–Crippen LogP) is 4.08. The van der Waals surface area contributed by atoms with Gasteiger partial charge in [0.15, 0.2) is 0 Å². The molecule has 172 valence electrons. The molecule has 2 heterocycles. The molecule has 1 aliphatic rings. The standard InChI is InChI=1S/C26H23N3O5/c1-14-5-9-20(10-6-14)29-24(31)21(23(30)27-26(29)34)12-19-11-16(3)28(17(19)4)22-13-18(25(32)33)8-7-15(22)2/h5-13H,1-4H3,(H,32,33)(H,27,30,34)/b21-12+. The van der Waals surface area contributed by atoms with E-state index in [9.17, 15) is 24.3 Å². The number of rotatable bonds is 4. The van der Waals surface area contributed by atoms with Gasteiger partial charge in [0, 0.05) is 17.1 Å². The molecule has 1 saturated heterocycles. The summed E-state index contributed by atoms with van der Waals surface area (Å²) in [6.45, 7) is 7.44. The monoisotopic (exact) mass is 457 g/mol. The van der Waals surface area contributed by atoms with E-state index in [1.165, 1.54) is 6.08 Å². The first-order chi connectivity index (χ1) is 16.1. The zero-order valence-corrected chi connectivity index (χ0v) is 19.2. The van der Waals surface area contributed by atoms with Gasteiger partial charge in [-0.25, -0.2) is 14.5 Å². The van der Waals surface area contributed by atoms with Crippen molar-refractivity contribution in [2.45, 2.75) is 27.7 Å². The van der Waals surface area contributed by atoms with E-state index in [1.807, 2.05) is 38.3 Å². The molecule has 4 rings (SSSR count). The molecule has 0 unspecified atom stereocenters. The molecule has 1 fully saturated rings. The number of carboxylic acid groups (broad SMARTS) is 1. The van der Waals surface area contributed by atoms with Gasteiger partial charge in [0.05, 0.1) is 11.3 Å². The number of barbiturate groups is 1. The van der Waals surface area contributed by atoms with E-state index in [1.54, 1.807) is 42.5 Å². The second-order valence-electron chi connectivity index (χ2n) is 8.26. The minimum atomic E-state index is -1.03. The lowest BCUT2D eigenvalue weighted by Gasteiger charge is -2.26. The van der Waals surface area contributed by atoms with Crippen LogP contribution < -0.4 is 10.2 Å². The highest BCUT2D eigenvalue weighted by Crippen LogP contribution is 2.28. The summed E-state index contributed by atoms with van der Waals surface area (Å²) in [5.74, 6) is -2.52. The number of hydrogen-bond donors (Lipinski definition) is 2. The average molecular weight is 457 g/mol. The summed E-state index contributed by atoms with van der Waals surface area (Å²) in [6, 6.07) is 12.7. The van der Waals surface area contributed by atoms with Crippen molar-refractivity contribution in [3.05, 3.63) is 87.7 Å². The molecule has 3 aromatic rings. The first-order valence-electron chi connectivity index (χ1n) is 10.6. The van der Waals surface area contributed by atoms with Gasteiger partial charge >= 0.3 is 12.0 Å². The number of aromatic carboxylic acids is 1. The van der Waals surface area contributed by atoms with Crippen molar-refractivity contribution in [3.8, 4) is 5.69 Å². The van der Waals surface area contributed by atoms with E-state index in [0.717, 1.165) is 27.4 Å². The number of anilines is 1. The molecular formula is C26H23N3O5. The van der Waals surface area contributed by atoms with E-state index in [-0.39, 0.29) is 11.1 Å². The van der Waals surface area contributed by atoms with Crippen LogP contribution in [-0.4, -0.2) is 33.5 Å². The van der Waals surface area contributed by atoms with Crippen molar-refractivity contribution in [1.29, 1.82) is 0 Å². The highest BCUT2D eigenvalue weighted by atomic mass is 16.4. The fourth-order valence-electron chi connectivity index (χ4n) is 4.03. The normalized spacial score (nSPS) is 15.1. The van der Waals surface area contributed by atoms with Crippen molar-refractivity contribution in [2.75, 3.05) is 4.90 Å². The number of benzene rings is 2. The molecule has 2 aromatic carbocycles. The molecule has 1 aromatic heterocycles. The summed E-state index contributed by atoms with van der Waals surface area (Å²) in [4.78, 5) is 50.6. The predicted molar refractivity (Wildman–Crippen MR) is 127 cm³/mol. The lowest BCUT2D eigenvalue weighted by molar-refractivity contribution is -0.122. The Hall–Kier alpha value is -4.46. The number of carbonyl (C=O) groups is 4. The fourth-order valence-corrected chi connectivity index (χ4v) is 4.03. The molecule has 0 spiro atoms. The maximum atomic E-state index is 13.2. The van der Waals surface area contributed by atoms with Gasteiger partial charge in [0.2, 0.25) is 0 Å². The quantitative estimate of drug-likeness (QED) is 0.453. The van der Waals surface area contributed by atoms with Crippen LogP contribution in [0.5, 0.6) is 0 Å². The van der Waals surface area contributed by atoms with E-state index < -0.39 is 23.8 Å². The van der Waals surface area contributed by atoms with Gasteiger partial charge in [0.1, 0.15) is 5.57 Å². The van der Waals surface area contributed by atoms with Crippen LogP contribution in [0.25, 0.3) is 11.8 Å². The summed E-state index contributed by atoms with van der Waals surface area (Å²) < 4.78 is 1.88. The molecule has 8 heteroatoms. The fraction of sp³-hybridized carbons (Fsp3) is 0.154. The summed E-state index contributed by atoms with van der Waals surface area (Å²) in [6.07, 6.45) is 1.46. The van der Waals surface area contributed by atoms with Crippen LogP contribution in [-0.2, 0) is 9.59 Å². The Morgan fingerprint density at radius 3 is 2.26 bits per heavy atom. The number of aryl methyl sites for hydroxylation is 3. The Bertz CT molecular complexity index is 1400. The molecule has 0 saturated carbocycles. The van der Waals surface area contributed by atoms with Crippen molar-refractivity contribution in [2.24, 2.45) is 0 Å². The minimum absolute atomic E-state index is 0.155. The Morgan fingerprint density at radius 1 is 0.941 bits per heavy atom. The average Bonchev–Trinajstić information content (AvgIpc) is 3.05. The van der Waals surface area contributed by atoms with Gasteiger partial charge in [-0.1, -0.05) is 23.8 Å². The zero-order chi connectivity index (χ0) is 24.7.